The third-order valence-electron chi connectivity index (χ3n) is 2.77. The predicted molar refractivity (Wildman–Crippen MR) is 87.1 cm³/mol. The van der Waals surface area contributed by atoms with Crippen LogP contribution in [0.5, 0.6) is 0 Å². The van der Waals surface area contributed by atoms with Crippen LogP contribution in [0.1, 0.15) is 32.3 Å². The summed E-state index contributed by atoms with van der Waals surface area (Å²) >= 11 is 5.22. The minimum absolute atomic E-state index is 0.168. The number of hydrogen-bond acceptors (Lipinski definition) is 4. The smallest absolute Gasteiger partial charge is 0.334 e. The molecule has 116 valence electrons. The number of anilines is 1. The Kier molecular flexibility index (Phi) is 7.11. The standard InChI is InChI=1S/C15H22N2O3S/c1-5-19-14(18)10-20-17(4)15(21)16-13-8-6-7-12(9-13)11(2)3/h6-9,11H,5,10H2,1-4H3,(H,16,21). The first-order valence-corrected chi connectivity index (χ1v) is 7.28. The van der Waals surface area contributed by atoms with E-state index < -0.39 is 5.97 Å². The van der Waals surface area contributed by atoms with Crippen molar-refractivity contribution in [3.05, 3.63) is 29.8 Å². The van der Waals surface area contributed by atoms with Crippen molar-refractivity contribution in [2.24, 2.45) is 0 Å². The fraction of sp³-hybridized carbons (Fsp3) is 0.467. The van der Waals surface area contributed by atoms with Crippen molar-refractivity contribution in [2.45, 2.75) is 26.7 Å². The summed E-state index contributed by atoms with van der Waals surface area (Å²) in [5.41, 5.74) is 2.11. The second-order valence-corrected chi connectivity index (χ2v) is 5.17. The fourth-order valence-corrected chi connectivity index (χ4v) is 1.76. The molecule has 0 aliphatic heterocycles. The molecule has 0 saturated heterocycles. The Hall–Kier alpha value is -1.66. The summed E-state index contributed by atoms with van der Waals surface area (Å²) in [5, 5.41) is 4.79. The quantitative estimate of drug-likeness (QED) is 0.495. The van der Waals surface area contributed by atoms with Crippen molar-refractivity contribution in [2.75, 3.05) is 25.6 Å². The molecule has 0 unspecified atom stereocenters. The van der Waals surface area contributed by atoms with Gasteiger partial charge in [-0.3, -0.25) is 4.84 Å². The highest BCUT2D eigenvalue weighted by molar-refractivity contribution is 7.80. The van der Waals surface area contributed by atoms with Gasteiger partial charge < -0.3 is 10.1 Å². The van der Waals surface area contributed by atoms with Gasteiger partial charge in [0.1, 0.15) is 0 Å². The van der Waals surface area contributed by atoms with Crippen molar-refractivity contribution in [3.63, 3.8) is 0 Å². The summed E-state index contributed by atoms with van der Waals surface area (Å²) in [6.07, 6.45) is 0. The third-order valence-corrected chi connectivity index (χ3v) is 3.13. The van der Waals surface area contributed by atoms with Gasteiger partial charge in [0.25, 0.3) is 0 Å². The van der Waals surface area contributed by atoms with Crippen molar-refractivity contribution in [1.29, 1.82) is 0 Å². The number of esters is 1. The summed E-state index contributed by atoms with van der Waals surface area (Å²) in [6.45, 7) is 6.17. The Morgan fingerprint density at radius 3 is 2.76 bits per heavy atom. The van der Waals surface area contributed by atoms with Crippen LogP contribution in [0.25, 0.3) is 0 Å². The molecule has 1 aromatic carbocycles. The van der Waals surface area contributed by atoms with Gasteiger partial charge in [0.15, 0.2) is 11.7 Å². The Morgan fingerprint density at radius 2 is 2.14 bits per heavy atom. The van der Waals surface area contributed by atoms with E-state index >= 15 is 0 Å². The zero-order valence-electron chi connectivity index (χ0n) is 12.9. The highest BCUT2D eigenvalue weighted by Gasteiger charge is 2.09. The zero-order valence-corrected chi connectivity index (χ0v) is 13.7. The first-order chi connectivity index (χ1) is 9.93. The van der Waals surface area contributed by atoms with E-state index in [1.54, 1.807) is 14.0 Å². The molecule has 0 aliphatic carbocycles. The minimum atomic E-state index is -0.422. The molecule has 0 bridgehead atoms. The summed E-state index contributed by atoms with van der Waals surface area (Å²) in [6, 6.07) is 8.01. The number of nitrogens with zero attached hydrogens (tertiary/aromatic N) is 1. The van der Waals surface area contributed by atoms with Gasteiger partial charge in [0.2, 0.25) is 0 Å². The lowest BCUT2D eigenvalue weighted by atomic mass is 10.0. The number of benzene rings is 1. The Bertz CT molecular complexity index is 492. The maximum atomic E-state index is 11.2. The van der Waals surface area contributed by atoms with Crippen molar-refractivity contribution in [1.82, 2.24) is 5.06 Å². The lowest BCUT2D eigenvalue weighted by Gasteiger charge is -2.20. The van der Waals surface area contributed by atoms with Crippen LogP contribution in [0.2, 0.25) is 0 Å². The van der Waals surface area contributed by atoms with Crippen LogP contribution < -0.4 is 5.32 Å². The SMILES string of the molecule is CCOC(=O)CON(C)C(=S)Nc1cccc(C(C)C)c1. The highest BCUT2D eigenvalue weighted by atomic mass is 32.1. The molecule has 1 aromatic rings. The van der Waals surface area contributed by atoms with Gasteiger partial charge in [-0.2, -0.15) is 0 Å². The van der Waals surface area contributed by atoms with Crippen LogP contribution >= 0.6 is 12.2 Å². The molecule has 0 fully saturated rings. The second kappa shape index (κ2) is 8.59. The average molecular weight is 310 g/mol. The molecule has 5 nitrogen and oxygen atoms in total. The number of hydroxylamine groups is 2. The van der Waals surface area contributed by atoms with Gasteiger partial charge in [-0.1, -0.05) is 26.0 Å². The molecule has 0 atom stereocenters. The number of carbonyl (C=O) groups excluding carboxylic acids is 1. The monoisotopic (exact) mass is 310 g/mol. The highest BCUT2D eigenvalue weighted by Crippen LogP contribution is 2.18. The van der Waals surface area contributed by atoms with Crippen LogP contribution in [-0.2, 0) is 14.4 Å². The first kappa shape index (κ1) is 17.4. The summed E-state index contributed by atoms with van der Waals surface area (Å²) < 4.78 is 4.78. The number of hydrogen-bond donors (Lipinski definition) is 1. The molecule has 0 aromatic heterocycles. The van der Waals surface area contributed by atoms with E-state index in [0.29, 0.717) is 17.6 Å². The van der Waals surface area contributed by atoms with Crippen molar-refractivity contribution < 1.29 is 14.4 Å². The topological polar surface area (TPSA) is 50.8 Å². The lowest BCUT2D eigenvalue weighted by molar-refractivity contribution is -0.161. The Labute approximate surface area is 131 Å². The van der Waals surface area contributed by atoms with E-state index in [0.717, 1.165) is 5.69 Å². The number of nitrogens with one attached hydrogen (secondary N) is 1. The van der Waals surface area contributed by atoms with E-state index in [-0.39, 0.29) is 6.61 Å². The van der Waals surface area contributed by atoms with E-state index in [2.05, 4.69) is 25.2 Å². The number of rotatable bonds is 6. The lowest BCUT2D eigenvalue weighted by Crippen LogP contribution is -2.33. The molecule has 0 heterocycles. The van der Waals surface area contributed by atoms with Gasteiger partial charge in [0.05, 0.1) is 6.61 Å². The average Bonchev–Trinajstić information content (AvgIpc) is 2.45. The molecule has 1 rings (SSSR count). The number of ether oxygens (including phenoxy) is 1. The maximum Gasteiger partial charge on any atom is 0.334 e. The molecule has 0 saturated carbocycles. The summed E-state index contributed by atoms with van der Waals surface area (Å²) in [7, 11) is 1.64. The number of thiocarbonyl (C=S) groups is 1. The fourth-order valence-electron chi connectivity index (χ4n) is 1.59. The second-order valence-electron chi connectivity index (χ2n) is 4.79. The predicted octanol–water partition coefficient (Wildman–Crippen LogP) is 2.93. The molecule has 1 N–H and O–H groups in total. The Morgan fingerprint density at radius 1 is 1.43 bits per heavy atom. The third kappa shape index (κ3) is 6.10. The van der Waals surface area contributed by atoms with Gasteiger partial charge in [-0.05, 0) is 42.8 Å². The molecule has 0 aliphatic rings. The minimum Gasteiger partial charge on any atom is -0.464 e. The van der Waals surface area contributed by atoms with Crippen LogP contribution in [0.15, 0.2) is 24.3 Å². The largest absolute Gasteiger partial charge is 0.464 e. The van der Waals surface area contributed by atoms with Gasteiger partial charge in [-0.25, -0.2) is 9.86 Å². The van der Waals surface area contributed by atoms with E-state index in [1.807, 2.05) is 18.2 Å². The molecule has 0 spiro atoms. The summed E-state index contributed by atoms with van der Waals surface area (Å²) in [5.74, 6) is 0.0204. The van der Waals surface area contributed by atoms with Gasteiger partial charge >= 0.3 is 5.97 Å². The van der Waals surface area contributed by atoms with Crippen molar-refractivity contribution >= 4 is 29.0 Å². The first-order valence-electron chi connectivity index (χ1n) is 6.87. The van der Waals surface area contributed by atoms with Gasteiger partial charge in [-0.15, -0.1) is 0 Å². The molecular weight excluding hydrogens is 288 g/mol. The van der Waals surface area contributed by atoms with Crippen LogP contribution in [0, 0.1) is 0 Å². The molecule has 21 heavy (non-hydrogen) atoms. The summed E-state index contributed by atoms with van der Waals surface area (Å²) in [4.78, 5) is 16.4. The van der Waals surface area contributed by atoms with Gasteiger partial charge in [0, 0.05) is 12.7 Å². The number of carbonyl (C=O) groups is 1. The molecule has 0 amide bonds. The van der Waals surface area contributed by atoms with E-state index in [1.165, 1.54) is 10.6 Å². The van der Waals surface area contributed by atoms with Crippen molar-refractivity contribution in [3.8, 4) is 0 Å². The van der Waals surface area contributed by atoms with E-state index in [4.69, 9.17) is 21.8 Å². The maximum absolute atomic E-state index is 11.2. The Balaban J connectivity index is 2.52. The van der Waals surface area contributed by atoms with Crippen LogP contribution in [0.4, 0.5) is 5.69 Å². The van der Waals surface area contributed by atoms with E-state index in [9.17, 15) is 4.79 Å². The molecule has 0 radical (unpaired) electrons. The molecule has 6 heteroatoms. The van der Waals surface area contributed by atoms with Crippen LogP contribution in [-0.4, -0.2) is 36.4 Å². The molecular formula is C15H22N2O3S. The van der Waals surface area contributed by atoms with Crippen LogP contribution in [0.3, 0.4) is 0 Å². The zero-order chi connectivity index (χ0) is 15.8. The normalized spacial score (nSPS) is 10.3.